The van der Waals surface area contributed by atoms with E-state index in [0.29, 0.717) is 29.8 Å². The molecule has 0 bridgehead atoms. The van der Waals surface area contributed by atoms with E-state index < -0.39 is 0 Å². The molecule has 1 saturated carbocycles. The zero-order valence-corrected chi connectivity index (χ0v) is 9.91. The molecule has 4 N–H and O–H groups in total. The van der Waals surface area contributed by atoms with Gasteiger partial charge in [0.1, 0.15) is 6.33 Å². The molecule has 8 heteroatoms. The zero-order chi connectivity index (χ0) is 12.5. The Kier molecular flexibility index (Phi) is 2.56. The van der Waals surface area contributed by atoms with Crippen LogP contribution in [0.2, 0.25) is 0 Å². The highest BCUT2D eigenvalue weighted by molar-refractivity contribution is 5.39. The minimum absolute atomic E-state index is 0.324. The van der Waals surface area contributed by atoms with Crippen LogP contribution >= 0.6 is 0 Å². The highest BCUT2D eigenvalue weighted by Crippen LogP contribution is 2.31. The summed E-state index contributed by atoms with van der Waals surface area (Å²) < 4.78 is 1.70. The number of nitrogens with zero attached hydrogens (tertiary/aromatic N) is 5. The first-order valence-electron chi connectivity index (χ1n) is 5.74. The third kappa shape index (κ3) is 2.09. The summed E-state index contributed by atoms with van der Waals surface area (Å²) >= 11 is 0. The maximum Gasteiger partial charge on any atom is 0.243 e. The number of anilines is 2. The molecule has 1 fully saturated rings. The topological polar surface area (TPSA) is 107 Å². The summed E-state index contributed by atoms with van der Waals surface area (Å²) in [7, 11) is 0. The minimum atomic E-state index is 0.324. The Balaban J connectivity index is 1.91. The van der Waals surface area contributed by atoms with Crippen LogP contribution in [0, 0.1) is 5.92 Å². The average Bonchev–Trinajstić information content (AvgIpc) is 2.86. The summed E-state index contributed by atoms with van der Waals surface area (Å²) in [4.78, 5) is 16.6. The molecule has 1 aliphatic rings. The van der Waals surface area contributed by atoms with Gasteiger partial charge in [-0.05, 0) is 12.3 Å². The Bertz CT molecular complexity index is 537. The normalized spacial score (nSPS) is 21.7. The summed E-state index contributed by atoms with van der Waals surface area (Å²) in [5.74, 6) is 7.34. The maximum absolute atomic E-state index is 5.36. The van der Waals surface area contributed by atoms with Gasteiger partial charge in [-0.3, -0.25) is 9.99 Å². The third-order valence-electron chi connectivity index (χ3n) is 2.91. The van der Waals surface area contributed by atoms with Gasteiger partial charge in [0, 0.05) is 18.4 Å². The number of hydrazine groups is 1. The lowest BCUT2D eigenvalue weighted by atomic mass is 10.5. The fourth-order valence-corrected chi connectivity index (χ4v) is 1.68. The van der Waals surface area contributed by atoms with Crippen molar-refractivity contribution in [3.63, 3.8) is 0 Å². The second-order valence-corrected chi connectivity index (χ2v) is 4.36. The first-order valence-corrected chi connectivity index (χ1v) is 5.74. The van der Waals surface area contributed by atoms with E-state index in [0.717, 1.165) is 6.42 Å². The summed E-state index contributed by atoms with van der Waals surface area (Å²) in [6.07, 6.45) is 6.19. The molecule has 0 spiro atoms. The quantitative estimate of drug-likeness (QED) is 0.521. The number of rotatable bonds is 4. The van der Waals surface area contributed by atoms with Crippen LogP contribution in [0.5, 0.6) is 0 Å². The van der Waals surface area contributed by atoms with Crippen molar-refractivity contribution in [1.82, 2.24) is 24.5 Å². The van der Waals surface area contributed by atoms with Crippen molar-refractivity contribution < 1.29 is 0 Å². The van der Waals surface area contributed by atoms with Crippen molar-refractivity contribution >= 4 is 11.9 Å². The molecule has 2 atom stereocenters. The molecule has 2 heterocycles. The van der Waals surface area contributed by atoms with Crippen molar-refractivity contribution in [2.75, 3.05) is 10.7 Å². The van der Waals surface area contributed by atoms with E-state index >= 15 is 0 Å². The molecule has 0 aliphatic heterocycles. The zero-order valence-electron chi connectivity index (χ0n) is 9.91. The first-order chi connectivity index (χ1) is 8.76. The molecule has 0 amide bonds. The molecule has 2 aromatic heterocycles. The number of hydrogen-bond donors (Lipinski definition) is 3. The van der Waals surface area contributed by atoms with Gasteiger partial charge in [-0.1, -0.05) is 6.92 Å². The Morgan fingerprint density at radius 1 is 1.33 bits per heavy atom. The van der Waals surface area contributed by atoms with Crippen LogP contribution in [-0.4, -0.2) is 30.5 Å². The Labute approximate surface area is 104 Å². The van der Waals surface area contributed by atoms with Gasteiger partial charge in [0.05, 0.1) is 0 Å². The lowest BCUT2D eigenvalue weighted by molar-refractivity contribution is 0.870. The minimum Gasteiger partial charge on any atom is -0.351 e. The number of hydrogen-bond acceptors (Lipinski definition) is 7. The molecule has 0 aromatic carbocycles. The molecule has 8 nitrogen and oxygen atoms in total. The molecule has 2 unspecified atom stereocenters. The lowest BCUT2D eigenvalue weighted by Crippen LogP contribution is -2.16. The van der Waals surface area contributed by atoms with Crippen LogP contribution in [0.15, 0.2) is 18.7 Å². The Morgan fingerprint density at radius 3 is 2.72 bits per heavy atom. The van der Waals surface area contributed by atoms with Crippen LogP contribution in [0.1, 0.15) is 13.3 Å². The van der Waals surface area contributed by atoms with Gasteiger partial charge in [-0.2, -0.15) is 15.0 Å². The predicted octanol–water partition coefficient (Wildman–Crippen LogP) is 0.163. The van der Waals surface area contributed by atoms with Crippen molar-refractivity contribution in [2.24, 2.45) is 11.8 Å². The molecule has 2 aromatic rings. The van der Waals surface area contributed by atoms with Gasteiger partial charge < -0.3 is 5.32 Å². The van der Waals surface area contributed by atoms with Crippen LogP contribution in [0.3, 0.4) is 0 Å². The van der Waals surface area contributed by atoms with Crippen molar-refractivity contribution in [3.8, 4) is 5.95 Å². The molecule has 0 saturated heterocycles. The van der Waals surface area contributed by atoms with Crippen molar-refractivity contribution in [2.45, 2.75) is 19.4 Å². The second kappa shape index (κ2) is 4.22. The Morgan fingerprint density at radius 2 is 2.11 bits per heavy atom. The SMILES string of the molecule is CC1CC1Nc1nc(NN)nc(-n2ccnc2)n1. The van der Waals surface area contributed by atoms with Gasteiger partial charge in [0.25, 0.3) is 0 Å². The van der Waals surface area contributed by atoms with Crippen LogP contribution < -0.4 is 16.6 Å². The van der Waals surface area contributed by atoms with E-state index in [1.54, 1.807) is 23.3 Å². The summed E-state index contributed by atoms with van der Waals surface area (Å²) in [5, 5.41) is 3.25. The summed E-state index contributed by atoms with van der Waals surface area (Å²) in [5.41, 5.74) is 2.44. The van der Waals surface area contributed by atoms with E-state index in [-0.39, 0.29) is 0 Å². The summed E-state index contributed by atoms with van der Waals surface area (Å²) in [6, 6.07) is 0.439. The number of aromatic nitrogens is 5. The largest absolute Gasteiger partial charge is 0.351 e. The predicted molar refractivity (Wildman–Crippen MR) is 66.0 cm³/mol. The van der Waals surface area contributed by atoms with E-state index in [1.165, 1.54) is 0 Å². The van der Waals surface area contributed by atoms with Gasteiger partial charge >= 0.3 is 0 Å². The monoisotopic (exact) mass is 246 g/mol. The van der Waals surface area contributed by atoms with Gasteiger partial charge in [-0.25, -0.2) is 10.8 Å². The van der Waals surface area contributed by atoms with E-state index in [2.05, 4.69) is 37.6 Å². The van der Waals surface area contributed by atoms with E-state index in [9.17, 15) is 0 Å². The molecule has 1 aliphatic carbocycles. The molecular weight excluding hydrogens is 232 g/mol. The number of nitrogens with one attached hydrogen (secondary N) is 2. The van der Waals surface area contributed by atoms with Gasteiger partial charge in [0.15, 0.2) is 0 Å². The highest BCUT2D eigenvalue weighted by atomic mass is 15.4. The van der Waals surface area contributed by atoms with Gasteiger partial charge in [-0.15, -0.1) is 0 Å². The molecule has 0 radical (unpaired) electrons. The number of nitrogens with two attached hydrogens (primary N) is 1. The molecule has 18 heavy (non-hydrogen) atoms. The number of nitrogen functional groups attached to an aromatic ring is 1. The lowest BCUT2D eigenvalue weighted by Gasteiger charge is -2.08. The summed E-state index contributed by atoms with van der Waals surface area (Å²) in [6.45, 7) is 2.18. The highest BCUT2D eigenvalue weighted by Gasteiger charge is 2.33. The van der Waals surface area contributed by atoms with Crippen LogP contribution in [-0.2, 0) is 0 Å². The van der Waals surface area contributed by atoms with Gasteiger partial charge in [0.2, 0.25) is 17.8 Å². The van der Waals surface area contributed by atoms with E-state index in [4.69, 9.17) is 5.84 Å². The molecular formula is C10H14N8. The fourth-order valence-electron chi connectivity index (χ4n) is 1.68. The Hall–Kier alpha value is -2.22. The van der Waals surface area contributed by atoms with Crippen molar-refractivity contribution in [3.05, 3.63) is 18.7 Å². The van der Waals surface area contributed by atoms with Crippen LogP contribution in [0.4, 0.5) is 11.9 Å². The fraction of sp³-hybridized carbons (Fsp3) is 0.400. The standard InChI is InChI=1S/C10H14N8/c1-6-4-7(6)13-8-14-9(17-11)16-10(15-8)18-3-2-12-5-18/h2-3,5-7H,4,11H2,1H3,(H2,13,14,15,16,17). The average molecular weight is 246 g/mol. The third-order valence-corrected chi connectivity index (χ3v) is 2.91. The molecule has 94 valence electrons. The van der Waals surface area contributed by atoms with Crippen molar-refractivity contribution in [1.29, 1.82) is 0 Å². The maximum atomic E-state index is 5.36. The van der Waals surface area contributed by atoms with Crippen LogP contribution in [0.25, 0.3) is 5.95 Å². The second-order valence-electron chi connectivity index (χ2n) is 4.36. The van der Waals surface area contributed by atoms with E-state index in [1.807, 2.05) is 0 Å². The smallest absolute Gasteiger partial charge is 0.243 e. The first kappa shape index (κ1) is 10.9. The number of imidazole rings is 1. The molecule has 3 rings (SSSR count).